The van der Waals surface area contributed by atoms with Gasteiger partial charge in [-0.3, -0.25) is 4.98 Å². The molecule has 2 heterocycles. The third-order valence-corrected chi connectivity index (χ3v) is 6.95. The minimum absolute atomic E-state index is 0.842. The van der Waals surface area contributed by atoms with E-state index >= 15 is 0 Å². The van der Waals surface area contributed by atoms with Crippen molar-refractivity contribution in [1.29, 1.82) is 0 Å². The third kappa shape index (κ3) is 2.22. The van der Waals surface area contributed by atoms with Gasteiger partial charge >= 0.3 is 0 Å². The van der Waals surface area contributed by atoms with Gasteiger partial charge in [0.2, 0.25) is 0 Å². The quantitative estimate of drug-likeness (QED) is 0.271. The maximum atomic E-state index is 8.49. The molecule has 1 aliphatic rings. The number of hydrogen-bond acceptors (Lipinski definition) is 1. The summed E-state index contributed by atoms with van der Waals surface area (Å²) in [6, 6.07) is 31.0. The Bertz CT molecular complexity index is 1810. The lowest BCUT2D eigenvalue weighted by Crippen LogP contribution is -2.14. The van der Waals surface area contributed by atoms with Crippen LogP contribution in [0.1, 0.15) is 29.0 Å². The van der Waals surface area contributed by atoms with Crippen LogP contribution in [0.2, 0.25) is 0 Å². The van der Waals surface area contributed by atoms with Crippen LogP contribution in [0.3, 0.4) is 0 Å². The van der Waals surface area contributed by atoms with Crippen molar-refractivity contribution in [2.75, 3.05) is 0 Å². The number of nitrogens with zero attached hydrogens (tertiary/aromatic N) is 2. The standard InChI is InChI=1S/C30H22N2/c1-30(2)25-11-6-5-10-22(25)23-18-28-24(17-26(23)30)29-27(12-7-15-31-29)32(28)21-14-13-19-8-3-4-9-20(19)16-21/h3-18H,1-2H3/i1D3. The van der Waals surface area contributed by atoms with E-state index in [2.05, 4.69) is 65.2 Å². The maximum absolute atomic E-state index is 8.49. The first-order valence-electron chi connectivity index (χ1n) is 12.4. The number of pyridine rings is 1. The van der Waals surface area contributed by atoms with Gasteiger partial charge in [-0.25, -0.2) is 0 Å². The summed E-state index contributed by atoms with van der Waals surface area (Å²) in [5.41, 5.74) is 6.56. The zero-order chi connectivity index (χ0) is 23.9. The van der Waals surface area contributed by atoms with Crippen molar-refractivity contribution in [1.82, 2.24) is 9.55 Å². The zero-order valence-electron chi connectivity index (χ0n) is 20.6. The van der Waals surface area contributed by atoms with Crippen molar-refractivity contribution in [3.63, 3.8) is 0 Å². The first-order valence-corrected chi connectivity index (χ1v) is 10.9. The molecule has 0 aliphatic heterocycles. The molecule has 1 atom stereocenters. The van der Waals surface area contributed by atoms with Gasteiger partial charge in [-0.1, -0.05) is 68.4 Å². The predicted octanol–water partition coefficient (Wildman–Crippen LogP) is 7.64. The van der Waals surface area contributed by atoms with Gasteiger partial charge in [-0.05, 0) is 69.4 Å². The second kappa shape index (κ2) is 6.08. The Labute approximate surface area is 191 Å². The van der Waals surface area contributed by atoms with E-state index in [1.807, 2.05) is 37.3 Å². The van der Waals surface area contributed by atoms with Gasteiger partial charge < -0.3 is 4.57 Å². The third-order valence-electron chi connectivity index (χ3n) is 6.95. The van der Waals surface area contributed by atoms with Crippen LogP contribution in [0.4, 0.5) is 0 Å². The Morgan fingerprint density at radius 2 is 1.59 bits per heavy atom. The molecule has 2 nitrogen and oxygen atoms in total. The van der Waals surface area contributed by atoms with Gasteiger partial charge in [-0.15, -0.1) is 0 Å². The molecule has 0 fully saturated rings. The molecule has 0 radical (unpaired) electrons. The van der Waals surface area contributed by atoms with Gasteiger partial charge in [0.15, 0.2) is 0 Å². The summed E-state index contributed by atoms with van der Waals surface area (Å²) in [5.74, 6) is 0. The monoisotopic (exact) mass is 413 g/mol. The molecule has 0 bridgehead atoms. The van der Waals surface area contributed by atoms with Crippen molar-refractivity contribution in [2.45, 2.75) is 19.2 Å². The van der Waals surface area contributed by atoms with Crippen LogP contribution in [0.5, 0.6) is 0 Å². The summed E-state index contributed by atoms with van der Waals surface area (Å²) in [5, 5.41) is 3.33. The number of rotatable bonds is 1. The Kier molecular flexibility index (Phi) is 2.85. The van der Waals surface area contributed by atoms with Gasteiger partial charge in [0.1, 0.15) is 0 Å². The molecule has 32 heavy (non-hydrogen) atoms. The van der Waals surface area contributed by atoms with Gasteiger partial charge in [-0.2, -0.15) is 0 Å². The van der Waals surface area contributed by atoms with E-state index in [0.717, 1.165) is 49.9 Å². The maximum Gasteiger partial charge on any atom is 0.0963 e. The van der Waals surface area contributed by atoms with E-state index in [0.29, 0.717) is 0 Å². The van der Waals surface area contributed by atoms with Gasteiger partial charge in [0.05, 0.1) is 16.6 Å². The van der Waals surface area contributed by atoms with Crippen molar-refractivity contribution < 1.29 is 4.11 Å². The summed E-state index contributed by atoms with van der Waals surface area (Å²) in [6.07, 6.45) is 1.80. The first-order chi connectivity index (χ1) is 16.9. The normalized spacial score (nSPS) is 19.0. The SMILES string of the molecule is [2H]C([2H])([2H])C1(C)c2ccccc2-c2cc3c(cc21)c1ncccc1n3-c1ccc2ccccc2c1. The lowest BCUT2D eigenvalue weighted by Gasteiger charge is -2.21. The molecule has 0 saturated carbocycles. The molecular formula is C30H22N2. The van der Waals surface area contributed by atoms with E-state index in [-0.39, 0.29) is 0 Å². The van der Waals surface area contributed by atoms with Crippen LogP contribution >= 0.6 is 0 Å². The van der Waals surface area contributed by atoms with Crippen molar-refractivity contribution in [2.24, 2.45) is 0 Å². The summed E-state index contributed by atoms with van der Waals surface area (Å²) < 4.78 is 27.7. The van der Waals surface area contributed by atoms with Crippen molar-refractivity contribution in [3.8, 4) is 16.8 Å². The lowest BCUT2D eigenvalue weighted by molar-refractivity contribution is 0.661. The summed E-state index contributed by atoms with van der Waals surface area (Å²) in [6.45, 7) is -0.335. The Balaban J connectivity index is 1.62. The molecule has 6 aromatic rings. The number of benzene rings is 4. The van der Waals surface area contributed by atoms with E-state index in [1.54, 1.807) is 6.20 Å². The molecule has 1 aliphatic carbocycles. The highest BCUT2D eigenvalue weighted by Gasteiger charge is 2.36. The Morgan fingerprint density at radius 1 is 0.750 bits per heavy atom. The van der Waals surface area contributed by atoms with Crippen molar-refractivity contribution in [3.05, 3.63) is 108 Å². The van der Waals surface area contributed by atoms with Crippen LogP contribution in [-0.4, -0.2) is 9.55 Å². The largest absolute Gasteiger partial charge is 0.308 e. The number of aromatic nitrogens is 2. The Morgan fingerprint density at radius 3 is 2.50 bits per heavy atom. The van der Waals surface area contributed by atoms with E-state index in [1.165, 1.54) is 10.8 Å². The highest BCUT2D eigenvalue weighted by atomic mass is 15.0. The van der Waals surface area contributed by atoms with Crippen LogP contribution < -0.4 is 0 Å². The molecule has 0 amide bonds. The topological polar surface area (TPSA) is 17.8 Å². The highest BCUT2D eigenvalue weighted by Crippen LogP contribution is 2.50. The molecule has 0 saturated heterocycles. The predicted molar refractivity (Wildman–Crippen MR) is 134 cm³/mol. The van der Waals surface area contributed by atoms with Gasteiger partial charge in [0.25, 0.3) is 0 Å². The average molecular weight is 414 g/mol. The fourth-order valence-electron chi connectivity index (χ4n) is 5.41. The van der Waals surface area contributed by atoms with Crippen LogP contribution in [0.25, 0.3) is 49.5 Å². The van der Waals surface area contributed by atoms with Crippen LogP contribution in [0.15, 0.2) is 97.2 Å². The minimum Gasteiger partial charge on any atom is -0.308 e. The summed E-state index contributed by atoms with van der Waals surface area (Å²) in [4.78, 5) is 4.74. The molecule has 1 unspecified atom stereocenters. The van der Waals surface area contributed by atoms with Crippen molar-refractivity contribution >= 4 is 32.7 Å². The van der Waals surface area contributed by atoms with E-state index in [4.69, 9.17) is 9.10 Å². The summed E-state index contributed by atoms with van der Waals surface area (Å²) in [7, 11) is 0. The minimum atomic E-state index is -2.19. The zero-order valence-corrected chi connectivity index (χ0v) is 17.6. The molecule has 4 aromatic carbocycles. The highest BCUT2D eigenvalue weighted by molar-refractivity contribution is 6.09. The molecule has 7 rings (SSSR count). The Hall–Kier alpha value is -3.91. The number of hydrogen-bond donors (Lipinski definition) is 0. The van der Waals surface area contributed by atoms with E-state index < -0.39 is 12.3 Å². The molecule has 0 N–H and O–H groups in total. The smallest absolute Gasteiger partial charge is 0.0963 e. The second-order valence-electron chi connectivity index (χ2n) is 8.82. The molecule has 0 spiro atoms. The van der Waals surface area contributed by atoms with Crippen LogP contribution in [-0.2, 0) is 5.41 Å². The van der Waals surface area contributed by atoms with E-state index in [9.17, 15) is 0 Å². The summed E-state index contributed by atoms with van der Waals surface area (Å²) >= 11 is 0. The molecular weight excluding hydrogens is 388 g/mol. The second-order valence-corrected chi connectivity index (χ2v) is 8.82. The fourth-order valence-corrected chi connectivity index (χ4v) is 5.41. The van der Waals surface area contributed by atoms with Crippen LogP contribution in [0, 0.1) is 0 Å². The average Bonchev–Trinajstić information content (AvgIpc) is 3.33. The molecule has 2 aromatic heterocycles. The molecule has 2 heteroatoms. The lowest BCUT2D eigenvalue weighted by atomic mass is 9.82. The number of fused-ring (bicyclic) bond motifs is 7. The van der Waals surface area contributed by atoms with Gasteiger partial charge in [0, 0.05) is 26.8 Å². The molecule has 152 valence electrons. The first kappa shape index (κ1) is 15.0. The fraction of sp³-hybridized carbons (Fsp3) is 0.100.